The zero-order valence-electron chi connectivity index (χ0n) is 17.0. The Balaban J connectivity index is 1.28. The van der Waals surface area contributed by atoms with E-state index in [1.165, 1.54) is 0 Å². The highest BCUT2D eigenvalue weighted by atomic mass is 16.6. The van der Waals surface area contributed by atoms with Gasteiger partial charge in [0.2, 0.25) is 0 Å². The van der Waals surface area contributed by atoms with E-state index >= 15 is 0 Å². The molecule has 6 heteroatoms. The number of allylic oxidation sites excluding steroid dienone is 1. The zero-order valence-corrected chi connectivity index (χ0v) is 17.0. The van der Waals surface area contributed by atoms with E-state index < -0.39 is 0 Å². The first kappa shape index (κ1) is 19.1. The maximum atomic E-state index is 12.6. The van der Waals surface area contributed by atoms with Crippen LogP contribution in [-0.4, -0.2) is 41.3 Å². The molecule has 5 rings (SSSR count). The number of aromatic amines is 1. The first-order valence-electron chi connectivity index (χ1n) is 10.4. The number of nitrogens with one attached hydrogen (secondary N) is 1. The van der Waals surface area contributed by atoms with E-state index in [-0.39, 0.29) is 42.3 Å². The highest BCUT2D eigenvalue weighted by molar-refractivity contribution is 5.94. The van der Waals surface area contributed by atoms with Crippen LogP contribution in [0.15, 0.2) is 54.3 Å². The molecule has 1 aromatic heterocycles. The first-order valence-corrected chi connectivity index (χ1v) is 10.4. The molecule has 6 nitrogen and oxygen atoms in total. The number of epoxide rings is 1. The van der Waals surface area contributed by atoms with Crippen LogP contribution in [0.4, 0.5) is 0 Å². The summed E-state index contributed by atoms with van der Waals surface area (Å²) < 4.78 is 17.1. The van der Waals surface area contributed by atoms with Gasteiger partial charge in [0.1, 0.15) is 18.8 Å². The van der Waals surface area contributed by atoms with Crippen LogP contribution in [0.1, 0.15) is 43.0 Å². The number of hydrogen-bond donors (Lipinski definition) is 1. The Morgan fingerprint density at radius 3 is 3.10 bits per heavy atom. The molecule has 0 unspecified atom stereocenters. The van der Waals surface area contributed by atoms with Crippen molar-refractivity contribution in [3.8, 4) is 0 Å². The van der Waals surface area contributed by atoms with Gasteiger partial charge in [0, 0.05) is 28.6 Å². The van der Waals surface area contributed by atoms with E-state index in [9.17, 15) is 9.59 Å². The fraction of sp³-hybridized carbons (Fsp3) is 0.417. The van der Waals surface area contributed by atoms with E-state index in [1.54, 1.807) is 6.07 Å². The minimum Gasteiger partial charge on any atom is -0.458 e. The topological polar surface area (TPSA) is 80.9 Å². The SMILES string of the molecule is C=C1C(=O)O[C@@H]2[C@H]3O[C@]3(C)CC/C=C(/COC(=O)c3ccc4[nH]ccc4c3)CC[C@@H]12. The molecule has 2 aliphatic heterocycles. The molecular weight excluding hydrogens is 382 g/mol. The zero-order chi connectivity index (χ0) is 20.9. The molecule has 4 atom stereocenters. The molecule has 30 heavy (non-hydrogen) atoms. The summed E-state index contributed by atoms with van der Waals surface area (Å²) >= 11 is 0. The third kappa shape index (κ3) is 3.35. The summed E-state index contributed by atoms with van der Waals surface area (Å²) in [5.74, 6) is -0.716. The Morgan fingerprint density at radius 1 is 1.37 bits per heavy atom. The van der Waals surface area contributed by atoms with Crippen molar-refractivity contribution in [2.75, 3.05) is 6.61 Å². The van der Waals surface area contributed by atoms with Crippen molar-refractivity contribution in [1.29, 1.82) is 0 Å². The van der Waals surface area contributed by atoms with E-state index in [1.807, 2.05) is 24.4 Å². The lowest BCUT2D eigenvalue weighted by molar-refractivity contribution is -0.140. The predicted molar refractivity (Wildman–Crippen MR) is 111 cm³/mol. The number of hydrogen-bond acceptors (Lipinski definition) is 5. The molecule has 0 radical (unpaired) electrons. The number of carbonyl (C=O) groups excluding carboxylic acids is 2. The summed E-state index contributed by atoms with van der Waals surface area (Å²) in [6.45, 7) is 6.25. The van der Waals surface area contributed by atoms with E-state index in [0.717, 1.165) is 42.2 Å². The van der Waals surface area contributed by atoms with Crippen LogP contribution in [-0.2, 0) is 19.0 Å². The lowest BCUT2D eigenvalue weighted by Gasteiger charge is -2.20. The van der Waals surface area contributed by atoms with Gasteiger partial charge in [-0.05, 0) is 62.4 Å². The predicted octanol–water partition coefficient (Wildman–Crippen LogP) is 4.08. The summed E-state index contributed by atoms with van der Waals surface area (Å²) in [6, 6.07) is 7.41. The van der Waals surface area contributed by atoms with Crippen molar-refractivity contribution in [2.45, 2.75) is 50.4 Å². The van der Waals surface area contributed by atoms with Crippen molar-refractivity contribution in [3.63, 3.8) is 0 Å². The maximum Gasteiger partial charge on any atom is 0.338 e. The molecule has 3 aliphatic rings. The molecule has 3 heterocycles. The van der Waals surface area contributed by atoms with Crippen molar-refractivity contribution in [1.82, 2.24) is 4.98 Å². The standard InChI is InChI=1S/C24H25NO5/c1-14-18-7-5-15(4-3-10-24(2)21(30-24)20(18)29-22(14)26)13-28-23(27)17-6-8-19-16(12-17)9-11-25-19/h4,6,8-9,11-12,18,20-21,25H,1,3,5,7,10,13H2,2H3/b15-4+/t18-,20-,21+,24+/m0/s1. The molecule has 2 saturated heterocycles. The third-order valence-corrected chi connectivity index (χ3v) is 6.62. The molecule has 0 amide bonds. The number of esters is 2. The van der Waals surface area contributed by atoms with Crippen molar-refractivity contribution in [3.05, 3.63) is 59.8 Å². The summed E-state index contributed by atoms with van der Waals surface area (Å²) in [6.07, 6.45) is 6.81. The largest absolute Gasteiger partial charge is 0.458 e. The van der Waals surface area contributed by atoms with Crippen molar-refractivity contribution >= 4 is 22.8 Å². The van der Waals surface area contributed by atoms with E-state index in [4.69, 9.17) is 14.2 Å². The number of rotatable bonds is 3. The fourth-order valence-corrected chi connectivity index (χ4v) is 4.67. The molecule has 2 aromatic rings. The highest BCUT2D eigenvalue weighted by Gasteiger charge is 2.61. The molecule has 1 aromatic carbocycles. The fourth-order valence-electron chi connectivity index (χ4n) is 4.67. The van der Waals surface area contributed by atoms with Crippen LogP contribution >= 0.6 is 0 Å². The second-order valence-corrected chi connectivity index (χ2v) is 8.65. The Morgan fingerprint density at radius 2 is 2.23 bits per heavy atom. The maximum absolute atomic E-state index is 12.6. The first-order chi connectivity index (χ1) is 14.4. The molecular formula is C24H25NO5. The Labute approximate surface area is 174 Å². The molecule has 0 spiro atoms. The lowest BCUT2D eigenvalue weighted by atomic mass is 9.84. The van der Waals surface area contributed by atoms with Gasteiger partial charge in [-0.15, -0.1) is 0 Å². The number of fused-ring (bicyclic) bond motifs is 4. The second kappa shape index (κ2) is 7.13. The van der Waals surface area contributed by atoms with Gasteiger partial charge >= 0.3 is 11.9 Å². The smallest absolute Gasteiger partial charge is 0.338 e. The normalized spacial score (nSPS) is 32.6. The molecule has 0 bridgehead atoms. The number of H-pyrrole nitrogens is 1. The Kier molecular flexibility index (Phi) is 4.54. The summed E-state index contributed by atoms with van der Waals surface area (Å²) in [5, 5.41) is 0.977. The van der Waals surface area contributed by atoms with E-state index in [0.29, 0.717) is 11.1 Å². The van der Waals surface area contributed by atoms with Crippen LogP contribution in [0.5, 0.6) is 0 Å². The monoisotopic (exact) mass is 407 g/mol. The molecule has 156 valence electrons. The average Bonchev–Trinajstić information content (AvgIpc) is 3.06. The molecule has 0 saturated carbocycles. The van der Waals surface area contributed by atoms with E-state index in [2.05, 4.69) is 24.6 Å². The molecule has 2 fully saturated rings. The van der Waals surface area contributed by atoms with Crippen molar-refractivity contribution < 1.29 is 23.8 Å². The number of carbonyl (C=O) groups is 2. The molecule has 1 N–H and O–H groups in total. The van der Waals surface area contributed by atoms with Gasteiger partial charge in [0.15, 0.2) is 0 Å². The van der Waals surface area contributed by atoms with Gasteiger partial charge in [0.05, 0.1) is 11.2 Å². The average molecular weight is 407 g/mol. The Bertz CT molecular complexity index is 1070. The Hall–Kier alpha value is -2.86. The highest BCUT2D eigenvalue weighted by Crippen LogP contribution is 2.49. The van der Waals surface area contributed by atoms with Gasteiger partial charge < -0.3 is 19.2 Å². The third-order valence-electron chi connectivity index (χ3n) is 6.62. The van der Waals surface area contributed by atoms with Gasteiger partial charge in [-0.1, -0.05) is 12.7 Å². The molecule has 1 aliphatic carbocycles. The number of aromatic nitrogens is 1. The van der Waals surface area contributed by atoms with Crippen LogP contribution in [0, 0.1) is 5.92 Å². The van der Waals surface area contributed by atoms with Gasteiger partial charge in [-0.25, -0.2) is 9.59 Å². The number of ether oxygens (including phenoxy) is 3. The second-order valence-electron chi connectivity index (χ2n) is 8.65. The quantitative estimate of drug-likeness (QED) is 0.359. The van der Waals surface area contributed by atoms with Crippen LogP contribution in [0.25, 0.3) is 10.9 Å². The van der Waals surface area contributed by atoms with Crippen LogP contribution < -0.4 is 0 Å². The lowest BCUT2D eigenvalue weighted by Crippen LogP contribution is -2.29. The van der Waals surface area contributed by atoms with Crippen LogP contribution in [0.3, 0.4) is 0 Å². The minimum absolute atomic E-state index is 0.0539. The van der Waals surface area contributed by atoms with Gasteiger partial charge in [-0.2, -0.15) is 0 Å². The van der Waals surface area contributed by atoms with Gasteiger partial charge in [-0.3, -0.25) is 0 Å². The number of benzene rings is 1. The summed E-state index contributed by atoms with van der Waals surface area (Å²) in [7, 11) is 0. The van der Waals surface area contributed by atoms with Gasteiger partial charge in [0.25, 0.3) is 0 Å². The van der Waals surface area contributed by atoms with Crippen molar-refractivity contribution in [2.24, 2.45) is 5.92 Å². The minimum atomic E-state index is -0.338. The summed E-state index contributed by atoms with van der Waals surface area (Å²) in [4.78, 5) is 27.7. The summed E-state index contributed by atoms with van der Waals surface area (Å²) in [5.41, 5.74) is 2.83. The van der Waals surface area contributed by atoms with Crippen LogP contribution in [0.2, 0.25) is 0 Å².